The van der Waals surface area contributed by atoms with Crippen LogP contribution in [-0.2, 0) is 6.54 Å². The van der Waals surface area contributed by atoms with E-state index in [-0.39, 0.29) is 6.03 Å². The fraction of sp³-hybridized carbons (Fsp3) is 0.350. The second-order valence-corrected chi connectivity index (χ2v) is 6.08. The molecule has 0 bridgehead atoms. The van der Waals surface area contributed by atoms with E-state index in [2.05, 4.69) is 24.5 Å². The summed E-state index contributed by atoms with van der Waals surface area (Å²) in [7, 11) is 4.66. The van der Waals surface area contributed by atoms with E-state index in [0.717, 1.165) is 11.3 Å². The van der Waals surface area contributed by atoms with Crippen LogP contribution in [0.15, 0.2) is 36.4 Å². The molecule has 26 heavy (non-hydrogen) atoms. The van der Waals surface area contributed by atoms with E-state index in [1.54, 1.807) is 27.4 Å². The van der Waals surface area contributed by atoms with Crippen LogP contribution in [0.1, 0.15) is 30.9 Å². The van der Waals surface area contributed by atoms with Crippen molar-refractivity contribution in [1.82, 2.24) is 5.32 Å². The first-order valence-corrected chi connectivity index (χ1v) is 8.42. The molecule has 2 amide bonds. The van der Waals surface area contributed by atoms with Crippen molar-refractivity contribution < 1.29 is 19.0 Å². The lowest BCUT2D eigenvalue weighted by Crippen LogP contribution is -2.28. The maximum atomic E-state index is 12.2. The molecule has 0 aliphatic rings. The first-order valence-electron chi connectivity index (χ1n) is 8.42. The lowest BCUT2D eigenvalue weighted by atomic mass is 10.0. The van der Waals surface area contributed by atoms with Gasteiger partial charge in [0, 0.05) is 17.8 Å². The first kappa shape index (κ1) is 19.4. The highest BCUT2D eigenvalue weighted by atomic mass is 16.5. The lowest BCUT2D eigenvalue weighted by Gasteiger charge is -2.16. The second kappa shape index (κ2) is 8.99. The van der Waals surface area contributed by atoms with Gasteiger partial charge in [-0.3, -0.25) is 0 Å². The largest absolute Gasteiger partial charge is 0.493 e. The predicted octanol–water partition coefficient (Wildman–Crippen LogP) is 4.16. The Morgan fingerprint density at radius 2 is 1.73 bits per heavy atom. The molecule has 2 N–H and O–H groups in total. The van der Waals surface area contributed by atoms with Gasteiger partial charge in [-0.2, -0.15) is 0 Å². The number of rotatable bonds is 7. The Kier molecular flexibility index (Phi) is 6.72. The predicted molar refractivity (Wildman–Crippen MR) is 102 cm³/mol. The van der Waals surface area contributed by atoms with Crippen molar-refractivity contribution in [1.29, 1.82) is 0 Å². The van der Waals surface area contributed by atoms with Crippen LogP contribution in [0.25, 0.3) is 0 Å². The molecule has 6 nitrogen and oxygen atoms in total. The molecule has 2 aromatic rings. The van der Waals surface area contributed by atoms with Gasteiger partial charge in [0.25, 0.3) is 0 Å². The third kappa shape index (κ3) is 4.59. The van der Waals surface area contributed by atoms with Gasteiger partial charge >= 0.3 is 6.03 Å². The molecular weight excluding hydrogens is 332 g/mol. The maximum Gasteiger partial charge on any atom is 0.319 e. The van der Waals surface area contributed by atoms with E-state index in [9.17, 15) is 4.79 Å². The minimum Gasteiger partial charge on any atom is -0.493 e. The number of carbonyl (C=O) groups is 1. The molecule has 2 aromatic carbocycles. The Balaban J connectivity index is 2.06. The number of nitrogens with one attached hydrogen (secondary N) is 2. The van der Waals surface area contributed by atoms with Crippen LogP contribution in [0.2, 0.25) is 0 Å². The van der Waals surface area contributed by atoms with Gasteiger partial charge in [0.05, 0.1) is 21.3 Å². The summed E-state index contributed by atoms with van der Waals surface area (Å²) in [6, 6.07) is 11.1. The molecule has 0 aliphatic carbocycles. The smallest absolute Gasteiger partial charge is 0.319 e. The molecule has 0 aromatic heterocycles. The van der Waals surface area contributed by atoms with Crippen LogP contribution in [0.3, 0.4) is 0 Å². The minimum absolute atomic E-state index is 0.289. The van der Waals surface area contributed by atoms with Crippen molar-refractivity contribution in [3.05, 3.63) is 47.5 Å². The molecule has 0 heterocycles. The average molecular weight is 358 g/mol. The van der Waals surface area contributed by atoms with Gasteiger partial charge in [0.15, 0.2) is 11.5 Å². The molecule has 0 saturated heterocycles. The van der Waals surface area contributed by atoms with E-state index < -0.39 is 0 Å². The van der Waals surface area contributed by atoms with Gasteiger partial charge < -0.3 is 24.8 Å². The number of methoxy groups -OCH3 is 3. The molecule has 0 unspecified atom stereocenters. The Labute approximate surface area is 154 Å². The summed E-state index contributed by atoms with van der Waals surface area (Å²) in [5.41, 5.74) is 2.72. The summed E-state index contributed by atoms with van der Waals surface area (Å²) in [6.07, 6.45) is 0. The molecule has 6 heteroatoms. The fourth-order valence-electron chi connectivity index (χ4n) is 2.63. The van der Waals surface area contributed by atoms with Gasteiger partial charge in [0.2, 0.25) is 5.75 Å². The van der Waals surface area contributed by atoms with Gasteiger partial charge in [-0.25, -0.2) is 4.79 Å². The third-order valence-electron chi connectivity index (χ3n) is 4.04. The Bertz CT molecular complexity index is 759. The molecule has 0 aliphatic heterocycles. The topological polar surface area (TPSA) is 68.8 Å². The van der Waals surface area contributed by atoms with E-state index >= 15 is 0 Å². The summed E-state index contributed by atoms with van der Waals surface area (Å²) >= 11 is 0. The number of carbonyl (C=O) groups excluding carboxylic acids is 1. The SMILES string of the molecule is COc1ccc(CNC(=O)Nc2cccc(C(C)C)c2)c(OC)c1OC. The molecule has 0 spiro atoms. The number of urea groups is 1. The van der Waals surface area contributed by atoms with Gasteiger partial charge in [-0.1, -0.05) is 26.0 Å². The van der Waals surface area contributed by atoms with Crippen LogP contribution < -0.4 is 24.8 Å². The Hall–Kier alpha value is -2.89. The highest BCUT2D eigenvalue weighted by Gasteiger charge is 2.16. The molecular formula is C20H26N2O4. The standard InChI is InChI=1S/C20H26N2O4/c1-13(2)14-7-6-8-16(11-14)22-20(23)21-12-15-9-10-17(24-3)19(26-5)18(15)25-4/h6-11,13H,12H2,1-5H3,(H2,21,22,23). The van der Waals surface area contributed by atoms with Crippen molar-refractivity contribution >= 4 is 11.7 Å². The maximum absolute atomic E-state index is 12.2. The summed E-state index contributed by atoms with van der Waals surface area (Å²) in [5.74, 6) is 2.01. The van der Waals surface area contributed by atoms with E-state index in [1.807, 2.05) is 30.3 Å². The number of hydrogen-bond donors (Lipinski definition) is 2. The number of anilines is 1. The second-order valence-electron chi connectivity index (χ2n) is 6.08. The number of hydrogen-bond acceptors (Lipinski definition) is 4. The van der Waals surface area contributed by atoms with Crippen LogP contribution in [-0.4, -0.2) is 27.4 Å². The van der Waals surface area contributed by atoms with Crippen LogP contribution >= 0.6 is 0 Å². The lowest BCUT2D eigenvalue weighted by molar-refractivity contribution is 0.251. The van der Waals surface area contributed by atoms with E-state index in [1.165, 1.54) is 5.56 Å². The van der Waals surface area contributed by atoms with Crippen molar-refractivity contribution in [3.63, 3.8) is 0 Å². The highest BCUT2D eigenvalue weighted by Crippen LogP contribution is 2.39. The van der Waals surface area contributed by atoms with Crippen LogP contribution in [0, 0.1) is 0 Å². The number of benzene rings is 2. The summed E-state index contributed by atoms with van der Waals surface area (Å²) < 4.78 is 16.0. The monoisotopic (exact) mass is 358 g/mol. The van der Waals surface area contributed by atoms with Crippen molar-refractivity contribution in [2.24, 2.45) is 0 Å². The molecule has 140 valence electrons. The van der Waals surface area contributed by atoms with E-state index in [4.69, 9.17) is 14.2 Å². The van der Waals surface area contributed by atoms with Gasteiger partial charge in [0.1, 0.15) is 0 Å². The van der Waals surface area contributed by atoms with Crippen LogP contribution in [0.4, 0.5) is 10.5 Å². The normalized spacial score (nSPS) is 10.4. The Morgan fingerprint density at radius 1 is 1.00 bits per heavy atom. The zero-order chi connectivity index (χ0) is 19.1. The fourth-order valence-corrected chi connectivity index (χ4v) is 2.63. The van der Waals surface area contributed by atoms with Gasteiger partial charge in [-0.15, -0.1) is 0 Å². The third-order valence-corrected chi connectivity index (χ3v) is 4.04. The summed E-state index contributed by atoms with van der Waals surface area (Å²) in [4.78, 5) is 12.2. The number of amides is 2. The summed E-state index contributed by atoms with van der Waals surface area (Å²) in [5, 5.41) is 5.68. The minimum atomic E-state index is -0.289. The first-order chi connectivity index (χ1) is 12.5. The van der Waals surface area contributed by atoms with Crippen molar-refractivity contribution in [2.75, 3.05) is 26.6 Å². The molecule has 2 rings (SSSR count). The Morgan fingerprint density at radius 3 is 2.35 bits per heavy atom. The molecule has 0 saturated carbocycles. The molecule has 0 radical (unpaired) electrons. The summed E-state index contributed by atoms with van der Waals surface area (Å²) in [6.45, 7) is 4.52. The van der Waals surface area contributed by atoms with Crippen molar-refractivity contribution in [2.45, 2.75) is 26.3 Å². The zero-order valence-electron chi connectivity index (χ0n) is 15.9. The quantitative estimate of drug-likeness (QED) is 0.780. The van der Waals surface area contributed by atoms with Crippen LogP contribution in [0.5, 0.6) is 17.2 Å². The zero-order valence-corrected chi connectivity index (χ0v) is 15.9. The average Bonchev–Trinajstić information content (AvgIpc) is 2.65. The highest BCUT2D eigenvalue weighted by molar-refractivity contribution is 5.89. The molecule has 0 fully saturated rings. The molecule has 0 atom stereocenters. The van der Waals surface area contributed by atoms with Crippen molar-refractivity contribution in [3.8, 4) is 17.2 Å². The van der Waals surface area contributed by atoms with E-state index in [0.29, 0.717) is 29.7 Å². The van der Waals surface area contributed by atoms with Gasteiger partial charge in [-0.05, 0) is 35.7 Å². The number of ether oxygens (including phenoxy) is 3.